The molecule has 0 amide bonds. The standard InChI is InChI=1S/C13H18O2S/c1-13(2,3)12(14)9-10-16(15)11-7-5-4-6-8-11/h4-10,12,14H,1-3H3/b10-9+. The Hall–Kier alpha value is -0.930. The van der Waals surface area contributed by atoms with Crippen LogP contribution < -0.4 is 0 Å². The highest BCUT2D eigenvalue weighted by Gasteiger charge is 2.19. The van der Waals surface area contributed by atoms with E-state index in [-0.39, 0.29) is 5.41 Å². The van der Waals surface area contributed by atoms with Gasteiger partial charge in [0.05, 0.1) is 16.9 Å². The Bertz CT molecular complexity index is 377. The molecule has 1 N–H and O–H groups in total. The molecule has 3 heteroatoms. The number of rotatable bonds is 3. The molecule has 1 aromatic rings. The molecule has 0 saturated carbocycles. The first-order chi connectivity index (χ1) is 7.41. The zero-order valence-electron chi connectivity index (χ0n) is 9.88. The molecule has 0 saturated heterocycles. The molecule has 0 radical (unpaired) electrons. The van der Waals surface area contributed by atoms with Crippen molar-refractivity contribution in [1.29, 1.82) is 0 Å². The van der Waals surface area contributed by atoms with Gasteiger partial charge in [0.1, 0.15) is 0 Å². The number of hydrogen-bond acceptors (Lipinski definition) is 2. The largest absolute Gasteiger partial charge is 0.388 e. The maximum atomic E-state index is 11.8. The molecule has 0 spiro atoms. The van der Waals surface area contributed by atoms with E-state index < -0.39 is 16.9 Å². The number of hydrogen-bond donors (Lipinski definition) is 1. The first-order valence-electron chi connectivity index (χ1n) is 5.23. The first kappa shape index (κ1) is 13.1. The Balaban J connectivity index is 2.69. The third-order valence-corrected chi connectivity index (χ3v) is 3.39. The van der Waals surface area contributed by atoms with Gasteiger partial charge in [-0.2, -0.15) is 0 Å². The summed E-state index contributed by atoms with van der Waals surface area (Å²) in [7, 11) is -1.18. The molecule has 0 aliphatic rings. The zero-order chi connectivity index (χ0) is 12.2. The molecule has 1 aromatic carbocycles. The second-order valence-corrected chi connectivity index (χ2v) is 6.09. The van der Waals surface area contributed by atoms with Crippen molar-refractivity contribution in [2.45, 2.75) is 31.8 Å². The van der Waals surface area contributed by atoms with E-state index in [1.807, 2.05) is 51.1 Å². The Morgan fingerprint density at radius 1 is 1.25 bits per heavy atom. The molecule has 0 aromatic heterocycles. The van der Waals surface area contributed by atoms with E-state index in [1.54, 1.807) is 11.5 Å². The van der Waals surface area contributed by atoms with Crippen LogP contribution in [0.15, 0.2) is 46.7 Å². The molecule has 88 valence electrons. The summed E-state index contributed by atoms with van der Waals surface area (Å²) in [6.45, 7) is 5.81. The number of benzene rings is 1. The van der Waals surface area contributed by atoms with Gasteiger partial charge in [-0.15, -0.1) is 0 Å². The van der Waals surface area contributed by atoms with Crippen molar-refractivity contribution in [1.82, 2.24) is 0 Å². The van der Waals surface area contributed by atoms with Gasteiger partial charge in [-0.1, -0.05) is 39.0 Å². The van der Waals surface area contributed by atoms with Gasteiger partial charge in [0.15, 0.2) is 0 Å². The van der Waals surface area contributed by atoms with Gasteiger partial charge < -0.3 is 5.11 Å². The van der Waals surface area contributed by atoms with Gasteiger partial charge in [0.2, 0.25) is 0 Å². The van der Waals surface area contributed by atoms with E-state index in [4.69, 9.17) is 0 Å². The third-order valence-electron chi connectivity index (χ3n) is 2.25. The molecular formula is C13H18O2S. The maximum Gasteiger partial charge on any atom is 0.0778 e. The molecule has 16 heavy (non-hydrogen) atoms. The highest BCUT2D eigenvalue weighted by Crippen LogP contribution is 2.20. The molecule has 2 nitrogen and oxygen atoms in total. The maximum absolute atomic E-state index is 11.8. The van der Waals surface area contributed by atoms with E-state index in [2.05, 4.69) is 0 Å². The third kappa shape index (κ3) is 3.91. The Labute approximate surface area is 99.5 Å². The summed E-state index contributed by atoms with van der Waals surface area (Å²) in [5, 5.41) is 11.3. The monoisotopic (exact) mass is 238 g/mol. The van der Waals surface area contributed by atoms with Crippen LogP contribution in [0.25, 0.3) is 0 Å². The molecule has 2 atom stereocenters. The lowest BCUT2D eigenvalue weighted by molar-refractivity contribution is 0.106. The smallest absolute Gasteiger partial charge is 0.0778 e. The second-order valence-electron chi connectivity index (χ2n) is 4.75. The van der Waals surface area contributed by atoms with E-state index in [9.17, 15) is 9.32 Å². The summed E-state index contributed by atoms with van der Waals surface area (Å²) in [6, 6.07) is 9.20. The predicted octanol–water partition coefficient (Wildman–Crippen LogP) is 2.71. The van der Waals surface area contributed by atoms with Gasteiger partial charge >= 0.3 is 0 Å². The number of aliphatic hydroxyl groups excluding tert-OH is 1. The van der Waals surface area contributed by atoms with Gasteiger partial charge in [-0.05, 0) is 23.6 Å². The molecule has 0 heterocycles. The second kappa shape index (κ2) is 5.41. The van der Waals surface area contributed by atoms with Gasteiger partial charge in [0, 0.05) is 10.3 Å². The lowest BCUT2D eigenvalue weighted by atomic mass is 9.89. The molecule has 1 rings (SSSR count). The molecule has 0 fully saturated rings. The Kier molecular flexibility index (Phi) is 4.44. The Morgan fingerprint density at radius 2 is 1.81 bits per heavy atom. The summed E-state index contributed by atoms with van der Waals surface area (Å²) in [4.78, 5) is 0.750. The summed E-state index contributed by atoms with van der Waals surface area (Å²) < 4.78 is 11.8. The normalized spacial score (nSPS) is 16.2. The van der Waals surface area contributed by atoms with Crippen LogP contribution in [0.3, 0.4) is 0 Å². The van der Waals surface area contributed by atoms with Crippen LogP contribution in [0.2, 0.25) is 0 Å². The van der Waals surface area contributed by atoms with E-state index in [0.29, 0.717) is 0 Å². The molecule has 2 unspecified atom stereocenters. The molecule has 0 bridgehead atoms. The summed E-state index contributed by atoms with van der Waals surface area (Å²) in [5.74, 6) is 0. The van der Waals surface area contributed by atoms with Crippen molar-refractivity contribution in [2.75, 3.05) is 0 Å². The molecular weight excluding hydrogens is 220 g/mol. The van der Waals surface area contributed by atoms with Crippen LogP contribution >= 0.6 is 0 Å². The average Bonchev–Trinajstić information content (AvgIpc) is 2.25. The SMILES string of the molecule is CC(C)(C)C(O)/C=C/S(=O)c1ccccc1. The molecule has 0 aliphatic heterocycles. The Morgan fingerprint density at radius 3 is 2.31 bits per heavy atom. The quantitative estimate of drug-likeness (QED) is 0.879. The van der Waals surface area contributed by atoms with Crippen molar-refractivity contribution >= 4 is 10.8 Å². The fraction of sp³-hybridized carbons (Fsp3) is 0.385. The van der Waals surface area contributed by atoms with Crippen LogP contribution in [-0.4, -0.2) is 15.4 Å². The van der Waals surface area contributed by atoms with Crippen molar-refractivity contribution < 1.29 is 9.32 Å². The number of aliphatic hydroxyl groups is 1. The minimum absolute atomic E-state index is 0.225. The van der Waals surface area contributed by atoms with Gasteiger partial charge in [-0.3, -0.25) is 0 Å². The van der Waals surface area contributed by atoms with E-state index in [1.165, 1.54) is 0 Å². The fourth-order valence-corrected chi connectivity index (χ4v) is 1.94. The van der Waals surface area contributed by atoms with Crippen molar-refractivity contribution in [3.05, 3.63) is 41.8 Å². The van der Waals surface area contributed by atoms with Crippen molar-refractivity contribution in [2.24, 2.45) is 5.41 Å². The highest BCUT2D eigenvalue weighted by atomic mass is 32.2. The van der Waals surface area contributed by atoms with Crippen molar-refractivity contribution in [3.63, 3.8) is 0 Å². The van der Waals surface area contributed by atoms with Gasteiger partial charge in [-0.25, -0.2) is 4.21 Å². The average molecular weight is 238 g/mol. The summed E-state index contributed by atoms with van der Waals surface area (Å²) in [6.07, 6.45) is 1.02. The van der Waals surface area contributed by atoms with E-state index >= 15 is 0 Å². The lowest BCUT2D eigenvalue weighted by Gasteiger charge is -2.22. The van der Waals surface area contributed by atoms with Gasteiger partial charge in [0.25, 0.3) is 0 Å². The van der Waals surface area contributed by atoms with Crippen molar-refractivity contribution in [3.8, 4) is 0 Å². The van der Waals surface area contributed by atoms with E-state index in [0.717, 1.165) is 4.90 Å². The minimum atomic E-state index is -1.18. The van der Waals surface area contributed by atoms with Crippen LogP contribution in [0.1, 0.15) is 20.8 Å². The topological polar surface area (TPSA) is 37.3 Å². The van der Waals surface area contributed by atoms with Crippen LogP contribution in [-0.2, 0) is 10.8 Å². The zero-order valence-corrected chi connectivity index (χ0v) is 10.7. The lowest BCUT2D eigenvalue weighted by Crippen LogP contribution is -2.23. The summed E-state index contributed by atoms with van der Waals surface area (Å²) >= 11 is 0. The summed E-state index contributed by atoms with van der Waals surface area (Å²) in [5.41, 5.74) is -0.225. The minimum Gasteiger partial charge on any atom is -0.388 e. The van der Waals surface area contributed by atoms with Crippen LogP contribution in [0, 0.1) is 5.41 Å². The predicted molar refractivity (Wildman–Crippen MR) is 67.5 cm³/mol. The fourth-order valence-electron chi connectivity index (χ4n) is 1.07. The van der Waals surface area contributed by atoms with Crippen LogP contribution in [0.4, 0.5) is 0 Å². The highest BCUT2D eigenvalue weighted by molar-refractivity contribution is 7.88. The first-order valence-corrected chi connectivity index (χ1v) is 6.44. The molecule has 0 aliphatic carbocycles. The van der Waals surface area contributed by atoms with Crippen LogP contribution in [0.5, 0.6) is 0 Å².